The Morgan fingerprint density at radius 2 is 2.04 bits per heavy atom. The molecule has 1 amide bonds. The van der Waals surface area contributed by atoms with Crippen LogP contribution in [0.1, 0.15) is 34.5 Å². The number of benzene rings is 1. The normalized spacial score (nSPS) is 13.3. The number of hydrogen-bond donors (Lipinski definition) is 1. The minimum Gasteiger partial charge on any atom is -0.296 e. The first kappa shape index (κ1) is 18.4. The number of carbonyl (C=O) groups is 1. The van der Waals surface area contributed by atoms with Crippen LogP contribution in [0.3, 0.4) is 0 Å². The molecule has 0 saturated carbocycles. The fourth-order valence-corrected chi connectivity index (χ4v) is 4.35. The smallest absolute Gasteiger partial charge is 0.277 e. The molecule has 0 aliphatic heterocycles. The third kappa shape index (κ3) is 4.00. The van der Waals surface area contributed by atoms with E-state index in [-0.39, 0.29) is 16.6 Å². The van der Waals surface area contributed by atoms with Gasteiger partial charge in [0.2, 0.25) is 0 Å². The lowest BCUT2D eigenvalue weighted by atomic mass is 9.90. The van der Waals surface area contributed by atoms with Crippen LogP contribution < -0.4 is 5.32 Å². The minimum atomic E-state index is -0.385. The summed E-state index contributed by atoms with van der Waals surface area (Å²) in [5.74, 6) is -0.385. The molecule has 0 fully saturated rings. The molecule has 2 aromatic heterocycles. The van der Waals surface area contributed by atoms with Crippen LogP contribution in [0.5, 0.6) is 0 Å². The first-order chi connectivity index (χ1) is 13.1. The SMILES string of the molecule is CSc1ncc(Cl)c(C(=O)Nc2nc(-c3ccc4c(c3)CCCC4)cs2)n1. The summed E-state index contributed by atoms with van der Waals surface area (Å²) in [4.78, 5) is 25.3. The van der Waals surface area contributed by atoms with Gasteiger partial charge in [0.25, 0.3) is 5.91 Å². The van der Waals surface area contributed by atoms with Gasteiger partial charge in [0, 0.05) is 10.9 Å². The molecule has 0 bridgehead atoms. The molecule has 0 saturated heterocycles. The van der Waals surface area contributed by atoms with Gasteiger partial charge < -0.3 is 0 Å². The topological polar surface area (TPSA) is 67.8 Å². The van der Waals surface area contributed by atoms with Crippen LogP contribution in [0.15, 0.2) is 34.9 Å². The highest BCUT2D eigenvalue weighted by atomic mass is 35.5. The molecule has 2 heterocycles. The molecule has 1 N–H and O–H groups in total. The van der Waals surface area contributed by atoms with Gasteiger partial charge in [-0.25, -0.2) is 15.0 Å². The lowest BCUT2D eigenvalue weighted by Crippen LogP contribution is -2.15. The molecule has 0 atom stereocenters. The molecule has 0 unspecified atom stereocenters. The molecule has 1 aliphatic rings. The van der Waals surface area contributed by atoms with E-state index in [1.54, 1.807) is 0 Å². The van der Waals surface area contributed by atoms with E-state index in [0.29, 0.717) is 10.3 Å². The van der Waals surface area contributed by atoms with Crippen molar-refractivity contribution in [1.29, 1.82) is 0 Å². The molecule has 3 aromatic rings. The number of hydrogen-bond acceptors (Lipinski definition) is 6. The van der Waals surface area contributed by atoms with E-state index in [9.17, 15) is 4.79 Å². The number of thioether (sulfide) groups is 1. The number of nitrogens with zero attached hydrogens (tertiary/aromatic N) is 3. The molecule has 138 valence electrons. The van der Waals surface area contributed by atoms with E-state index in [1.807, 2.05) is 11.6 Å². The van der Waals surface area contributed by atoms with Crippen molar-refractivity contribution in [3.8, 4) is 11.3 Å². The van der Waals surface area contributed by atoms with E-state index in [2.05, 4.69) is 38.5 Å². The Kier molecular flexibility index (Phi) is 5.43. The van der Waals surface area contributed by atoms with E-state index in [4.69, 9.17) is 11.6 Å². The first-order valence-electron chi connectivity index (χ1n) is 8.59. The van der Waals surface area contributed by atoms with Crippen LogP contribution in [-0.2, 0) is 12.8 Å². The van der Waals surface area contributed by atoms with Crippen LogP contribution in [0.2, 0.25) is 5.02 Å². The van der Waals surface area contributed by atoms with Gasteiger partial charge in [-0.2, -0.15) is 0 Å². The highest BCUT2D eigenvalue weighted by molar-refractivity contribution is 7.98. The summed E-state index contributed by atoms with van der Waals surface area (Å²) in [7, 11) is 0. The number of carbonyl (C=O) groups excluding carboxylic acids is 1. The van der Waals surface area contributed by atoms with E-state index < -0.39 is 0 Å². The fraction of sp³-hybridized carbons (Fsp3) is 0.263. The molecule has 5 nitrogen and oxygen atoms in total. The van der Waals surface area contributed by atoms with Crippen molar-refractivity contribution in [3.05, 3.63) is 51.6 Å². The van der Waals surface area contributed by atoms with Gasteiger partial charge in [0.15, 0.2) is 16.0 Å². The van der Waals surface area contributed by atoms with Gasteiger partial charge in [-0.3, -0.25) is 10.1 Å². The van der Waals surface area contributed by atoms with Gasteiger partial charge >= 0.3 is 0 Å². The van der Waals surface area contributed by atoms with E-state index >= 15 is 0 Å². The maximum Gasteiger partial charge on any atom is 0.277 e. The highest BCUT2D eigenvalue weighted by Gasteiger charge is 2.17. The van der Waals surface area contributed by atoms with E-state index in [1.165, 1.54) is 53.3 Å². The number of nitrogens with one attached hydrogen (secondary N) is 1. The predicted molar refractivity (Wildman–Crippen MR) is 111 cm³/mol. The summed E-state index contributed by atoms with van der Waals surface area (Å²) in [5.41, 5.74) is 4.95. The third-order valence-corrected chi connectivity index (χ3v) is 6.08. The third-order valence-electron chi connectivity index (χ3n) is 4.49. The molecule has 1 aliphatic carbocycles. The molecule has 27 heavy (non-hydrogen) atoms. The van der Waals surface area contributed by atoms with Crippen LogP contribution in [-0.4, -0.2) is 27.1 Å². The summed E-state index contributed by atoms with van der Waals surface area (Å²) in [5, 5.41) is 5.98. The van der Waals surface area contributed by atoms with Crippen molar-refractivity contribution in [2.75, 3.05) is 11.6 Å². The summed E-state index contributed by atoms with van der Waals surface area (Å²) >= 11 is 8.81. The average Bonchev–Trinajstić information content (AvgIpc) is 3.16. The lowest BCUT2D eigenvalue weighted by Gasteiger charge is -2.16. The Morgan fingerprint density at radius 1 is 1.22 bits per heavy atom. The Morgan fingerprint density at radius 3 is 2.85 bits per heavy atom. The van der Waals surface area contributed by atoms with Crippen molar-refractivity contribution in [2.24, 2.45) is 0 Å². The van der Waals surface area contributed by atoms with Crippen molar-refractivity contribution < 1.29 is 4.79 Å². The molecule has 4 rings (SSSR count). The van der Waals surface area contributed by atoms with Crippen molar-refractivity contribution in [2.45, 2.75) is 30.8 Å². The van der Waals surface area contributed by atoms with Crippen LogP contribution in [0.25, 0.3) is 11.3 Å². The number of aromatic nitrogens is 3. The predicted octanol–water partition coefficient (Wildman–Crippen LogP) is 5.11. The maximum absolute atomic E-state index is 12.5. The van der Waals surface area contributed by atoms with Crippen molar-refractivity contribution in [3.63, 3.8) is 0 Å². The molecular weight excluding hydrogens is 400 g/mol. The highest BCUT2D eigenvalue weighted by Crippen LogP contribution is 2.30. The van der Waals surface area contributed by atoms with Gasteiger partial charge in [-0.1, -0.05) is 35.5 Å². The molecule has 0 spiro atoms. The Balaban J connectivity index is 1.54. The molecule has 0 radical (unpaired) electrons. The summed E-state index contributed by atoms with van der Waals surface area (Å²) in [6.45, 7) is 0. The zero-order valence-corrected chi connectivity index (χ0v) is 17.0. The second-order valence-electron chi connectivity index (χ2n) is 6.24. The van der Waals surface area contributed by atoms with Gasteiger partial charge in [-0.15, -0.1) is 11.3 Å². The summed E-state index contributed by atoms with van der Waals surface area (Å²) in [6, 6.07) is 6.53. The Labute approximate surface area is 170 Å². The second kappa shape index (κ2) is 7.96. The van der Waals surface area contributed by atoms with Crippen LogP contribution in [0.4, 0.5) is 5.13 Å². The number of halogens is 1. The molecule has 1 aromatic carbocycles. The standard InChI is InChI=1S/C19H17ClN4OS2/c1-26-18-21-9-14(20)16(23-18)17(25)24-19-22-15(10-27-19)13-7-6-11-4-2-3-5-12(11)8-13/h6-10H,2-5H2,1H3,(H,22,24,25). The number of rotatable bonds is 4. The fourth-order valence-electron chi connectivity index (χ4n) is 3.12. The number of aryl methyl sites for hydroxylation is 2. The number of fused-ring (bicyclic) bond motifs is 1. The zero-order chi connectivity index (χ0) is 18.8. The Hall–Kier alpha value is -1.96. The second-order valence-corrected chi connectivity index (χ2v) is 8.27. The first-order valence-corrected chi connectivity index (χ1v) is 11.1. The van der Waals surface area contributed by atoms with Crippen LogP contribution in [0, 0.1) is 0 Å². The average molecular weight is 417 g/mol. The van der Waals surface area contributed by atoms with Crippen molar-refractivity contribution in [1.82, 2.24) is 15.0 Å². The maximum atomic E-state index is 12.5. The van der Waals surface area contributed by atoms with E-state index in [0.717, 1.165) is 24.1 Å². The lowest BCUT2D eigenvalue weighted by molar-refractivity contribution is 0.102. The minimum absolute atomic E-state index is 0.154. The monoisotopic (exact) mass is 416 g/mol. The Bertz CT molecular complexity index is 1010. The molecule has 8 heteroatoms. The summed E-state index contributed by atoms with van der Waals surface area (Å²) < 4.78 is 0. The van der Waals surface area contributed by atoms with Crippen LogP contribution >= 0.6 is 34.7 Å². The number of thiazole rings is 1. The largest absolute Gasteiger partial charge is 0.296 e. The molecular formula is C19H17ClN4OS2. The number of amides is 1. The quantitative estimate of drug-likeness (QED) is 0.473. The van der Waals surface area contributed by atoms with Gasteiger partial charge in [0.1, 0.15) is 0 Å². The van der Waals surface area contributed by atoms with Gasteiger partial charge in [0.05, 0.1) is 16.9 Å². The zero-order valence-electron chi connectivity index (χ0n) is 14.7. The summed E-state index contributed by atoms with van der Waals surface area (Å²) in [6.07, 6.45) is 8.08. The van der Waals surface area contributed by atoms with Crippen molar-refractivity contribution >= 4 is 45.7 Å². The van der Waals surface area contributed by atoms with Gasteiger partial charge in [-0.05, 0) is 49.1 Å². The number of anilines is 1.